The fourth-order valence-electron chi connectivity index (χ4n) is 0.869. The van der Waals surface area contributed by atoms with Crippen LogP contribution in [0.3, 0.4) is 0 Å². The highest BCUT2D eigenvalue weighted by Gasteiger charge is 2.24. The normalized spacial score (nSPS) is 11.3. The summed E-state index contributed by atoms with van der Waals surface area (Å²) in [5.41, 5.74) is -1.49. The Bertz CT molecular complexity index is 387. The van der Waals surface area contributed by atoms with Crippen molar-refractivity contribution in [3.05, 3.63) is 28.5 Å². The van der Waals surface area contributed by atoms with Crippen molar-refractivity contribution >= 4 is 27.5 Å². The third kappa shape index (κ3) is 3.28. The lowest BCUT2D eigenvalue weighted by molar-refractivity contribution is -0.130. The van der Waals surface area contributed by atoms with Crippen LogP contribution < -0.4 is 5.32 Å². The Kier molecular flexibility index (Phi) is 3.46. The first kappa shape index (κ1) is 12.1. The fourth-order valence-corrected chi connectivity index (χ4v) is 1.23. The summed E-state index contributed by atoms with van der Waals surface area (Å²) in [5, 5.41) is 11.7. The zero-order valence-electron chi connectivity index (χ0n) is 8.34. The van der Waals surface area contributed by atoms with E-state index in [0.29, 0.717) is 4.47 Å². The van der Waals surface area contributed by atoms with Gasteiger partial charge < -0.3 is 10.4 Å². The van der Waals surface area contributed by atoms with Crippen molar-refractivity contribution in [2.45, 2.75) is 19.4 Å². The number of benzene rings is 1. The summed E-state index contributed by atoms with van der Waals surface area (Å²) in [6, 6.07) is 4.18. The van der Waals surface area contributed by atoms with Gasteiger partial charge in [-0.15, -0.1) is 0 Å². The molecule has 0 unspecified atom stereocenters. The van der Waals surface area contributed by atoms with Gasteiger partial charge in [-0.05, 0) is 32.0 Å². The molecule has 3 nitrogen and oxygen atoms in total. The second-order valence-electron chi connectivity index (χ2n) is 3.64. The highest BCUT2D eigenvalue weighted by Crippen LogP contribution is 2.20. The first-order valence-corrected chi connectivity index (χ1v) is 5.09. The van der Waals surface area contributed by atoms with Crippen molar-refractivity contribution in [1.29, 1.82) is 0 Å². The minimum absolute atomic E-state index is 0.0384. The van der Waals surface area contributed by atoms with Crippen molar-refractivity contribution in [2.75, 3.05) is 5.32 Å². The Hall–Kier alpha value is -0.940. The van der Waals surface area contributed by atoms with Gasteiger partial charge in [0, 0.05) is 4.47 Å². The Morgan fingerprint density at radius 2 is 2.13 bits per heavy atom. The zero-order valence-corrected chi connectivity index (χ0v) is 9.93. The minimum atomic E-state index is -1.53. The van der Waals surface area contributed by atoms with Crippen molar-refractivity contribution < 1.29 is 14.3 Å². The smallest absolute Gasteiger partial charge is 0.255 e. The molecule has 0 aliphatic heterocycles. The van der Waals surface area contributed by atoms with E-state index in [9.17, 15) is 14.3 Å². The molecular formula is C10H11BrFNO2. The minimum Gasteiger partial charge on any atom is -0.381 e. The van der Waals surface area contributed by atoms with Gasteiger partial charge in [-0.1, -0.05) is 15.9 Å². The second kappa shape index (κ2) is 4.28. The van der Waals surface area contributed by atoms with Crippen LogP contribution in [0.4, 0.5) is 10.1 Å². The molecule has 1 amide bonds. The lowest BCUT2D eigenvalue weighted by atomic mass is 10.1. The number of hydrogen-bond donors (Lipinski definition) is 2. The molecule has 0 aliphatic rings. The Labute approximate surface area is 95.4 Å². The molecule has 0 fully saturated rings. The molecule has 0 saturated carbocycles. The molecule has 1 aromatic rings. The molecular weight excluding hydrogens is 265 g/mol. The van der Waals surface area contributed by atoms with Crippen LogP contribution in [0, 0.1) is 5.82 Å². The maximum Gasteiger partial charge on any atom is 0.255 e. The van der Waals surface area contributed by atoms with Crippen molar-refractivity contribution in [1.82, 2.24) is 0 Å². The molecule has 15 heavy (non-hydrogen) atoms. The molecule has 0 aromatic heterocycles. The van der Waals surface area contributed by atoms with Gasteiger partial charge in [-0.25, -0.2) is 4.39 Å². The number of halogens is 2. The molecule has 0 heterocycles. The van der Waals surface area contributed by atoms with Crippen LogP contribution in [0.15, 0.2) is 22.7 Å². The molecule has 1 aromatic carbocycles. The first-order valence-electron chi connectivity index (χ1n) is 4.29. The van der Waals surface area contributed by atoms with Crippen LogP contribution in [0.25, 0.3) is 0 Å². The van der Waals surface area contributed by atoms with E-state index in [0.717, 1.165) is 0 Å². The predicted octanol–water partition coefficient (Wildman–Crippen LogP) is 2.30. The second-order valence-corrected chi connectivity index (χ2v) is 4.55. The average Bonchev–Trinajstić information content (AvgIpc) is 2.09. The van der Waals surface area contributed by atoms with Crippen LogP contribution in [-0.4, -0.2) is 16.6 Å². The Morgan fingerprint density at radius 3 is 2.67 bits per heavy atom. The predicted molar refractivity (Wildman–Crippen MR) is 59.0 cm³/mol. The van der Waals surface area contributed by atoms with Crippen LogP contribution in [-0.2, 0) is 4.79 Å². The van der Waals surface area contributed by atoms with Gasteiger partial charge in [0.1, 0.15) is 11.4 Å². The highest BCUT2D eigenvalue weighted by atomic mass is 79.9. The Morgan fingerprint density at radius 1 is 1.53 bits per heavy atom. The van der Waals surface area contributed by atoms with Gasteiger partial charge in [-0.2, -0.15) is 0 Å². The monoisotopic (exact) mass is 275 g/mol. The highest BCUT2D eigenvalue weighted by molar-refractivity contribution is 9.10. The SMILES string of the molecule is CC(C)(O)C(=O)Nc1cc(Br)ccc1F. The molecule has 0 bridgehead atoms. The quantitative estimate of drug-likeness (QED) is 0.870. The number of amides is 1. The number of nitrogens with one attached hydrogen (secondary N) is 1. The molecule has 82 valence electrons. The average molecular weight is 276 g/mol. The summed E-state index contributed by atoms with van der Waals surface area (Å²) >= 11 is 3.16. The van der Waals surface area contributed by atoms with Crippen LogP contribution in [0.5, 0.6) is 0 Å². The topological polar surface area (TPSA) is 49.3 Å². The van der Waals surface area contributed by atoms with E-state index < -0.39 is 17.3 Å². The van der Waals surface area contributed by atoms with Gasteiger partial charge >= 0.3 is 0 Å². The van der Waals surface area contributed by atoms with E-state index in [2.05, 4.69) is 21.2 Å². The number of hydrogen-bond acceptors (Lipinski definition) is 2. The van der Waals surface area contributed by atoms with Gasteiger partial charge in [0.2, 0.25) is 0 Å². The number of carbonyl (C=O) groups excluding carboxylic acids is 1. The molecule has 0 atom stereocenters. The van der Waals surface area contributed by atoms with Crippen LogP contribution in [0.2, 0.25) is 0 Å². The van der Waals surface area contributed by atoms with Crippen molar-refractivity contribution in [3.8, 4) is 0 Å². The fraction of sp³-hybridized carbons (Fsp3) is 0.300. The molecule has 2 N–H and O–H groups in total. The number of rotatable bonds is 2. The summed E-state index contributed by atoms with van der Waals surface area (Å²) in [5.74, 6) is -1.20. The molecule has 5 heteroatoms. The number of carbonyl (C=O) groups is 1. The summed E-state index contributed by atoms with van der Waals surface area (Å²) in [6.07, 6.45) is 0. The van der Waals surface area contributed by atoms with Crippen molar-refractivity contribution in [3.63, 3.8) is 0 Å². The first-order chi connectivity index (χ1) is 6.80. The summed E-state index contributed by atoms with van der Waals surface area (Å²) in [4.78, 5) is 11.4. The number of anilines is 1. The van der Waals surface area contributed by atoms with Crippen LogP contribution >= 0.6 is 15.9 Å². The maximum absolute atomic E-state index is 13.2. The third-order valence-corrected chi connectivity index (χ3v) is 2.23. The zero-order chi connectivity index (χ0) is 11.6. The lowest BCUT2D eigenvalue weighted by Gasteiger charge is -2.16. The summed E-state index contributed by atoms with van der Waals surface area (Å²) in [7, 11) is 0. The van der Waals surface area contributed by atoms with E-state index in [4.69, 9.17) is 0 Å². The molecule has 0 spiro atoms. The van der Waals surface area contributed by atoms with E-state index >= 15 is 0 Å². The third-order valence-electron chi connectivity index (χ3n) is 1.73. The standard InChI is InChI=1S/C10H11BrFNO2/c1-10(2,15)9(14)13-8-5-6(11)3-4-7(8)12/h3-5,15H,1-2H3,(H,13,14). The van der Waals surface area contributed by atoms with Crippen LogP contribution in [0.1, 0.15) is 13.8 Å². The maximum atomic E-state index is 13.2. The van der Waals surface area contributed by atoms with E-state index in [-0.39, 0.29) is 5.69 Å². The van der Waals surface area contributed by atoms with Gasteiger partial charge in [0.15, 0.2) is 0 Å². The lowest BCUT2D eigenvalue weighted by Crippen LogP contribution is -2.36. The molecule has 0 radical (unpaired) electrons. The van der Waals surface area contributed by atoms with Gasteiger partial charge in [-0.3, -0.25) is 4.79 Å². The van der Waals surface area contributed by atoms with E-state index in [1.165, 1.54) is 32.0 Å². The van der Waals surface area contributed by atoms with Crippen molar-refractivity contribution in [2.24, 2.45) is 0 Å². The molecule has 0 aliphatic carbocycles. The largest absolute Gasteiger partial charge is 0.381 e. The number of aliphatic hydroxyl groups is 1. The Balaban J connectivity index is 2.90. The van der Waals surface area contributed by atoms with Gasteiger partial charge in [0.05, 0.1) is 5.69 Å². The van der Waals surface area contributed by atoms with E-state index in [1.54, 1.807) is 0 Å². The van der Waals surface area contributed by atoms with Gasteiger partial charge in [0.25, 0.3) is 5.91 Å². The summed E-state index contributed by atoms with van der Waals surface area (Å²) in [6.45, 7) is 2.66. The van der Waals surface area contributed by atoms with E-state index in [1.807, 2.05) is 0 Å². The molecule has 0 saturated heterocycles. The molecule has 1 rings (SSSR count). The summed E-state index contributed by atoms with van der Waals surface area (Å²) < 4.78 is 13.8.